The van der Waals surface area contributed by atoms with Gasteiger partial charge in [-0.3, -0.25) is 4.79 Å². The highest BCUT2D eigenvalue weighted by molar-refractivity contribution is 6.30. The van der Waals surface area contributed by atoms with E-state index < -0.39 is 0 Å². The van der Waals surface area contributed by atoms with E-state index >= 15 is 0 Å². The maximum absolute atomic E-state index is 12.1. The summed E-state index contributed by atoms with van der Waals surface area (Å²) in [5.74, 6) is 0.0487. The minimum Gasteiger partial charge on any atom is -0.355 e. The lowest BCUT2D eigenvalue weighted by atomic mass is 9.84. The molecule has 2 rings (SSSR count). The Bertz CT molecular complexity index is 647. The Morgan fingerprint density at radius 2 is 1.82 bits per heavy atom. The molecule has 1 amide bonds. The van der Waals surface area contributed by atoms with Crippen LogP contribution in [0.15, 0.2) is 48.5 Å². The molecule has 0 aliphatic carbocycles. The molecule has 0 saturated heterocycles. The average Bonchev–Trinajstić information content (AvgIpc) is 2.46. The fourth-order valence-electron chi connectivity index (χ4n) is 2.39. The summed E-state index contributed by atoms with van der Waals surface area (Å²) in [4.78, 5) is 12.1. The van der Waals surface area contributed by atoms with Crippen LogP contribution < -0.4 is 5.32 Å². The van der Waals surface area contributed by atoms with Crippen LogP contribution in [0.3, 0.4) is 0 Å². The fraction of sp³-hybridized carbons (Fsp3) is 0.316. The van der Waals surface area contributed by atoms with Crippen LogP contribution in [0.25, 0.3) is 0 Å². The van der Waals surface area contributed by atoms with Crippen molar-refractivity contribution < 1.29 is 4.79 Å². The number of benzene rings is 2. The van der Waals surface area contributed by atoms with Gasteiger partial charge in [-0.1, -0.05) is 67.4 Å². The summed E-state index contributed by atoms with van der Waals surface area (Å²) in [6.07, 6.45) is 0.415. The molecule has 0 heterocycles. The molecule has 0 radical (unpaired) electrons. The molecule has 0 spiro atoms. The summed E-state index contributed by atoms with van der Waals surface area (Å²) in [6, 6.07) is 15.8. The molecule has 1 N–H and O–H groups in total. The largest absolute Gasteiger partial charge is 0.355 e. The van der Waals surface area contributed by atoms with E-state index in [-0.39, 0.29) is 11.3 Å². The van der Waals surface area contributed by atoms with E-state index in [2.05, 4.69) is 19.2 Å². The van der Waals surface area contributed by atoms with Crippen LogP contribution in [0.5, 0.6) is 0 Å². The van der Waals surface area contributed by atoms with Crippen molar-refractivity contribution in [3.8, 4) is 0 Å². The summed E-state index contributed by atoms with van der Waals surface area (Å²) >= 11 is 5.92. The summed E-state index contributed by atoms with van der Waals surface area (Å²) in [6.45, 7) is 6.86. The molecule has 0 aromatic heterocycles. The van der Waals surface area contributed by atoms with Gasteiger partial charge in [0, 0.05) is 17.0 Å². The number of carbonyl (C=O) groups excluding carboxylic acids is 1. The number of hydrogen-bond donors (Lipinski definition) is 1. The smallest absolute Gasteiger partial charge is 0.224 e. The Kier molecular flexibility index (Phi) is 5.25. The Morgan fingerprint density at radius 3 is 2.45 bits per heavy atom. The molecule has 22 heavy (non-hydrogen) atoms. The molecule has 0 saturated carbocycles. The molecule has 116 valence electrons. The van der Waals surface area contributed by atoms with Crippen LogP contribution in [0.4, 0.5) is 0 Å². The van der Waals surface area contributed by atoms with E-state index in [1.807, 2.05) is 55.5 Å². The van der Waals surface area contributed by atoms with Crippen molar-refractivity contribution in [3.05, 3.63) is 70.2 Å². The second kappa shape index (κ2) is 6.97. The average molecular weight is 316 g/mol. The topological polar surface area (TPSA) is 29.1 Å². The van der Waals surface area contributed by atoms with Gasteiger partial charge in [-0.05, 0) is 30.2 Å². The van der Waals surface area contributed by atoms with E-state index in [4.69, 9.17) is 11.6 Å². The van der Waals surface area contributed by atoms with E-state index in [9.17, 15) is 4.79 Å². The molecule has 2 nitrogen and oxygen atoms in total. The van der Waals surface area contributed by atoms with Crippen molar-refractivity contribution in [3.63, 3.8) is 0 Å². The lowest BCUT2D eigenvalue weighted by Gasteiger charge is -2.25. The number of amides is 1. The predicted molar refractivity (Wildman–Crippen MR) is 92.4 cm³/mol. The summed E-state index contributed by atoms with van der Waals surface area (Å²) < 4.78 is 0. The summed E-state index contributed by atoms with van der Waals surface area (Å²) in [7, 11) is 0. The van der Waals surface area contributed by atoms with Gasteiger partial charge >= 0.3 is 0 Å². The van der Waals surface area contributed by atoms with Crippen LogP contribution in [-0.4, -0.2) is 12.5 Å². The zero-order chi connectivity index (χ0) is 16.2. The first-order chi connectivity index (χ1) is 10.4. The quantitative estimate of drug-likeness (QED) is 0.876. The lowest BCUT2D eigenvalue weighted by molar-refractivity contribution is -0.120. The number of rotatable bonds is 5. The first-order valence-electron chi connectivity index (χ1n) is 7.45. The Balaban J connectivity index is 1.93. The maximum atomic E-state index is 12.1. The van der Waals surface area contributed by atoms with Crippen molar-refractivity contribution in [2.24, 2.45) is 0 Å². The van der Waals surface area contributed by atoms with Crippen LogP contribution in [0, 0.1) is 6.92 Å². The zero-order valence-electron chi connectivity index (χ0n) is 13.3. The van der Waals surface area contributed by atoms with E-state index in [0.717, 1.165) is 16.1 Å². The first kappa shape index (κ1) is 16.6. The third-order valence-corrected chi connectivity index (χ3v) is 4.05. The van der Waals surface area contributed by atoms with Gasteiger partial charge in [-0.25, -0.2) is 0 Å². The number of carbonyl (C=O) groups is 1. The molecule has 3 heteroatoms. The molecule has 0 atom stereocenters. The molecular formula is C19H22ClNO. The maximum Gasteiger partial charge on any atom is 0.224 e. The standard InChI is InChI=1S/C19H22ClNO/c1-14-5-4-6-15(11-14)12-18(22)21-13-19(2,3)16-7-9-17(20)10-8-16/h4-11H,12-13H2,1-3H3,(H,21,22). The molecule has 0 aliphatic rings. The van der Waals surface area contributed by atoms with E-state index in [1.165, 1.54) is 5.56 Å². The van der Waals surface area contributed by atoms with Crippen LogP contribution in [0.2, 0.25) is 5.02 Å². The Labute approximate surface area is 137 Å². The van der Waals surface area contributed by atoms with Crippen LogP contribution in [-0.2, 0) is 16.6 Å². The van der Waals surface area contributed by atoms with Gasteiger partial charge in [0.15, 0.2) is 0 Å². The Hall–Kier alpha value is -1.80. The number of nitrogens with one attached hydrogen (secondary N) is 1. The number of hydrogen-bond acceptors (Lipinski definition) is 1. The van der Waals surface area contributed by atoms with Gasteiger partial charge in [0.2, 0.25) is 5.91 Å². The zero-order valence-corrected chi connectivity index (χ0v) is 14.1. The predicted octanol–water partition coefficient (Wildman–Crippen LogP) is 4.28. The highest BCUT2D eigenvalue weighted by Gasteiger charge is 2.21. The highest BCUT2D eigenvalue weighted by atomic mass is 35.5. The molecular weight excluding hydrogens is 294 g/mol. The minimum atomic E-state index is -0.132. The normalized spacial score (nSPS) is 11.3. The molecule has 2 aromatic carbocycles. The third-order valence-electron chi connectivity index (χ3n) is 3.80. The summed E-state index contributed by atoms with van der Waals surface area (Å²) in [5.41, 5.74) is 3.24. The monoisotopic (exact) mass is 315 g/mol. The molecule has 0 fully saturated rings. The minimum absolute atomic E-state index is 0.0487. The second-order valence-corrected chi connectivity index (χ2v) is 6.77. The van der Waals surface area contributed by atoms with Gasteiger partial charge < -0.3 is 5.32 Å². The van der Waals surface area contributed by atoms with Crippen molar-refractivity contribution in [2.75, 3.05) is 6.54 Å². The van der Waals surface area contributed by atoms with Crippen molar-refractivity contribution in [1.29, 1.82) is 0 Å². The van der Waals surface area contributed by atoms with Gasteiger partial charge in [0.1, 0.15) is 0 Å². The van der Waals surface area contributed by atoms with Crippen LogP contribution in [0.1, 0.15) is 30.5 Å². The fourth-order valence-corrected chi connectivity index (χ4v) is 2.52. The first-order valence-corrected chi connectivity index (χ1v) is 7.83. The van der Waals surface area contributed by atoms with Crippen LogP contribution >= 0.6 is 11.6 Å². The molecule has 0 bridgehead atoms. The molecule has 2 aromatic rings. The van der Waals surface area contributed by atoms with E-state index in [1.54, 1.807) is 0 Å². The third kappa shape index (κ3) is 4.60. The van der Waals surface area contributed by atoms with Crippen molar-refractivity contribution >= 4 is 17.5 Å². The summed E-state index contributed by atoms with van der Waals surface area (Å²) in [5, 5.41) is 3.76. The van der Waals surface area contributed by atoms with Gasteiger partial charge in [-0.15, -0.1) is 0 Å². The van der Waals surface area contributed by atoms with Crippen molar-refractivity contribution in [2.45, 2.75) is 32.6 Å². The molecule has 0 unspecified atom stereocenters. The Morgan fingerprint density at radius 1 is 1.14 bits per heavy atom. The van der Waals surface area contributed by atoms with Gasteiger partial charge in [-0.2, -0.15) is 0 Å². The second-order valence-electron chi connectivity index (χ2n) is 6.33. The van der Waals surface area contributed by atoms with Crippen molar-refractivity contribution in [1.82, 2.24) is 5.32 Å². The molecule has 0 aliphatic heterocycles. The highest BCUT2D eigenvalue weighted by Crippen LogP contribution is 2.23. The van der Waals surface area contributed by atoms with Gasteiger partial charge in [0.25, 0.3) is 0 Å². The van der Waals surface area contributed by atoms with E-state index in [0.29, 0.717) is 13.0 Å². The number of aryl methyl sites for hydroxylation is 1. The lowest BCUT2D eigenvalue weighted by Crippen LogP contribution is -2.37. The number of halogens is 1. The SMILES string of the molecule is Cc1cccc(CC(=O)NCC(C)(C)c2ccc(Cl)cc2)c1. The van der Waals surface area contributed by atoms with Gasteiger partial charge in [0.05, 0.1) is 6.42 Å².